The third-order valence-corrected chi connectivity index (χ3v) is 3.57. The van der Waals surface area contributed by atoms with Crippen molar-refractivity contribution >= 4 is 17.7 Å². The van der Waals surface area contributed by atoms with Crippen molar-refractivity contribution in [1.82, 2.24) is 4.90 Å². The van der Waals surface area contributed by atoms with Gasteiger partial charge in [-0.3, -0.25) is 9.69 Å². The second-order valence-corrected chi connectivity index (χ2v) is 4.87. The topological polar surface area (TPSA) is 29.5 Å². The summed E-state index contributed by atoms with van der Waals surface area (Å²) in [5, 5.41) is 0. The highest BCUT2D eigenvalue weighted by Gasteiger charge is 2.36. The normalized spacial score (nSPS) is 36.2. The molecule has 0 aromatic carbocycles. The van der Waals surface area contributed by atoms with Crippen LogP contribution in [0.2, 0.25) is 0 Å². The van der Waals surface area contributed by atoms with Gasteiger partial charge < -0.3 is 4.74 Å². The fourth-order valence-electron chi connectivity index (χ4n) is 1.92. The van der Waals surface area contributed by atoms with Crippen molar-refractivity contribution in [3.05, 3.63) is 0 Å². The van der Waals surface area contributed by atoms with Gasteiger partial charge in [0.15, 0.2) is 0 Å². The predicted octanol–water partition coefficient (Wildman–Crippen LogP) is 0.739. The molecule has 2 saturated heterocycles. The van der Waals surface area contributed by atoms with Crippen LogP contribution in [-0.2, 0) is 9.53 Å². The highest BCUT2D eigenvalue weighted by molar-refractivity contribution is 7.99. The van der Waals surface area contributed by atoms with Crippen molar-refractivity contribution in [3.63, 3.8) is 0 Å². The minimum atomic E-state index is -0.0144. The zero-order valence-electron chi connectivity index (χ0n) is 7.86. The molecule has 0 amide bonds. The molecular weight excluding hydrogens is 186 g/mol. The van der Waals surface area contributed by atoms with Crippen LogP contribution in [0.4, 0.5) is 0 Å². The maximum absolute atomic E-state index is 11.4. The lowest BCUT2D eigenvalue weighted by molar-refractivity contribution is -0.144. The number of hydrogen-bond donors (Lipinski definition) is 0. The van der Waals surface area contributed by atoms with Crippen LogP contribution in [0, 0.1) is 0 Å². The minimum Gasteiger partial charge on any atom is -0.461 e. The zero-order valence-corrected chi connectivity index (χ0v) is 8.68. The van der Waals surface area contributed by atoms with Gasteiger partial charge in [-0.15, -0.1) is 0 Å². The van der Waals surface area contributed by atoms with Gasteiger partial charge in [0.25, 0.3) is 0 Å². The van der Waals surface area contributed by atoms with Crippen LogP contribution in [0.5, 0.6) is 0 Å². The molecular formula is C9H15NO2S. The maximum Gasteiger partial charge on any atom is 0.323 e. The summed E-state index contributed by atoms with van der Waals surface area (Å²) in [6.45, 7) is 4.05. The van der Waals surface area contributed by atoms with E-state index in [0.717, 1.165) is 31.0 Å². The van der Waals surface area contributed by atoms with Crippen LogP contribution in [0.25, 0.3) is 0 Å². The van der Waals surface area contributed by atoms with Crippen molar-refractivity contribution in [3.8, 4) is 0 Å². The van der Waals surface area contributed by atoms with Gasteiger partial charge in [-0.05, 0) is 6.92 Å². The smallest absolute Gasteiger partial charge is 0.323 e. The molecule has 3 nitrogen and oxygen atoms in total. The van der Waals surface area contributed by atoms with Gasteiger partial charge in [-0.2, -0.15) is 11.8 Å². The van der Waals surface area contributed by atoms with Gasteiger partial charge in [0.2, 0.25) is 0 Å². The molecule has 2 atom stereocenters. The molecule has 0 spiro atoms. The van der Waals surface area contributed by atoms with E-state index in [0.29, 0.717) is 0 Å². The maximum atomic E-state index is 11.4. The Morgan fingerprint density at radius 1 is 1.46 bits per heavy atom. The van der Waals surface area contributed by atoms with Crippen molar-refractivity contribution in [1.29, 1.82) is 0 Å². The molecule has 0 N–H and O–H groups in total. The molecule has 0 aliphatic carbocycles. The first-order valence-corrected chi connectivity index (χ1v) is 5.95. The summed E-state index contributed by atoms with van der Waals surface area (Å²) in [5.74, 6) is 2.29. The van der Waals surface area contributed by atoms with E-state index in [9.17, 15) is 4.79 Å². The molecule has 2 aliphatic rings. The lowest BCUT2D eigenvalue weighted by Crippen LogP contribution is -2.43. The van der Waals surface area contributed by atoms with E-state index in [1.165, 1.54) is 0 Å². The monoisotopic (exact) mass is 201 g/mol. The third kappa shape index (κ3) is 1.99. The second kappa shape index (κ2) is 3.88. The third-order valence-electron chi connectivity index (χ3n) is 2.63. The highest BCUT2D eigenvalue weighted by Crippen LogP contribution is 2.22. The van der Waals surface area contributed by atoms with Crippen LogP contribution in [0.3, 0.4) is 0 Å². The molecule has 0 saturated carbocycles. The highest BCUT2D eigenvalue weighted by atomic mass is 32.2. The molecule has 4 heteroatoms. The van der Waals surface area contributed by atoms with E-state index >= 15 is 0 Å². The van der Waals surface area contributed by atoms with Crippen LogP contribution in [0.15, 0.2) is 0 Å². The van der Waals surface area contributed by atoms with Crippen molar-refractivity contribution in [2.75, 3.05) is 24.6 Å². The Hall–Kier alpha value is -0.220. The lowest BCUT2D eigenvalue weighted by Gasteiger charge is -2.29. The van der Waals surface area contributed by atoms with E-state index < -0.39 is 0 Å². The number of thioether (sulfide) groups is 1. The number of esters is 1. The van der Waals surface area contributed by atoms with Gasteiger partial charge in [0.05, 0.1) is 0 Å². The quantitative estimate of drug-likeness (QED) is 0.585. The van der Waals surface area contributed by atoms with Gasteiger partial charge in [0, 0.05) is 31.0 Å². The van der Waals surface area contributed by atoms with Crippen LogP contribution in [0.1, 0.15) is 13.3 Å². The molecule has 13 heavy (non-hydrogen) atoms. The van der Waals surface area contributed by atoms with E-state index in [1.54, 1.807) is 0 Å². The summed E-state index contributed by atoms with van der Waals surface area (Å²) in [7, 11) is 0. The van der Waals surface area contributed by atoms with E-state index in [4.69, 9.17) is 4.74 Å². The predicted molar refractivity (Wildman–Crippen MR) is 52.9 cm³/mol. The first-order chi connectivity index (χ1) is 6.27. The summed E-state index contributed by atoms with van der Waals surface area (Å²) in [6.07, 6.45) is 0.996. The molecule has 0 aromatic heterocycles. The average molecular weight is 201 g/mol. The van der Waals surface area contributed by atoms with Gasteiger partial charge in [-0.25, -0.2) is 0 Å². The van der Waals surface area contributed by atoms with Crippen molar-refractivity contribution < 1.29 is 9.53 Å². The van der Waals surface area contributed by atoms with Crippen molar-refractivity contribution in [2.24, 2.45) is 0 Å². The van der Waals surface area contributed by atoms with Gasteiger partial charge in [0.1, 0.15) is 12.1 Å². The fraction of sp³-hybridized carbons (Fsp3) is 0.889. The molecule has 0 aromatic rings. The Labute approximate surface area is 82.8 Å². The van der Waals surface area contributed by atoms with Crippen LogP contribution < -0.4 is 0 Å². The number of ether oxygens (including phenoxy) is 1. The molecule has 74 valence electrons. The number of cyclic esters (lactones) is 1. The van der Waals surface area contributed by atoms with Crippen molar-refractivity contribution in [2.45, 2.75) is 25.5 Å². The van der Waals surface area contributed by atoms with Crippen LogP contribution in [-0.4, -0.2) is 47.6 Å². The SMILES string of the molecule is CC1CC(N2CCSCC2)C(=O)O1. The number of rotatable bonds is 1. The molecule has 2 unspecified atom stereocenters. The number of carbonyl (C=O) groups excluding carboxylic acids is 1. The Kier molecular flexibility index (Phi) is 2.79. The Balaban J connectivity index is 1.95. The zero-order chi connectivity index (χ0) is 9.26. The fourth-order valence-corrected chi connectivity index (χ4v) is 2.85. The van der Waals surface area contributed by atoms with Gasteiger partial charge >= 0.3 is 5.97 Å². The number of nitrogens with zero attached hydrogens (tertiary/aromatic N) is 1. The molecule has 2 aliphatic heterocycles. The molecule has 0 bridgehead atoms. The molecule has 2 rings (SSSR count). The summed E-state index contributed by atoms with van der Waals surface area (Å²) in [4.78, 5) is 13.7. The average Bonchev–Trinajstić information content (AvgIpc) is 2.47. The Bertz CT molecular complexity index is 204. The summed E-state index contributed by atoms with van der Waals surface area (Å²) >= 11 is 1.97. The standard InChI is InChI=1S/C9H15NO2S/c1-7-6-8(9(11)12-7)10-2-4-13-5-3-10/h7-8H,2-6H2,1H3. The summed E-state index contributed by atoms with van der Waals surface area (Å²) < 4.78 is 5.14. The summed E-state index contributed by atoms with van der Waals surface area (Å²) in [6, 6.07) is 0.0518. The van der Waals surface area contributed by atoms with E-state index in [-0.39, 0.29) is 18.1 Å². The second-order valence-electron chi connectivity index (χ2n) is 3.65. The van der Waals surface area contributed by atoms with E-state index in [1.807, 2.05) is 18.7 Å². The number of hydrogen-bond acceptors (Lipinski definition) is 4. The molecule has 2 heterocycles. The first kappa shape index (κ1) is 9.34. The van der Waals surface area contributed by atoms with Gasteiger partial charge in [-0.1, -0.05) is 0 Å². The Morgan fingerprint density at radius 2 is 2.15 bits per heavy atom. The number of carbonyl (C=O) groups is 1. The largest absolute Gasteiger partial charge is 0.461 e. The minimum absolute atomic E-state index is 0.0144. The van der Waals surface area contributed by atoms with E-state index in [2.05, 4.69) is 4.90 Å². The Morgan fingerprint density at radius 3 is 2.69 bits per heavy atom. The lowest BCUT2D eigenvalue weighted by atomic mass is 10.1. The molecule has 0 radical (unpaired) electrons. The first-order valence-electron chi connectivity index (χ1n) is 4.79. The van der Waals surface area contributed by atoms with Crippen LogP contribution >= 0.6 is 11.8 Å². The molecule has 2 fully saturated rings. The summed E-state index contributed by atoms with van der Waals surface area (Å²) in [5.41, 5.74) is 0.